The van der Waals surface area contributed by atoms with Gasteiger partial charge in [-0.15, -0.1) is 0 Å². The van der Waals surface area contributed by atoms with E-state index in [1.165, 1.54) is 6.92 Å². The molecule has 0 bridgehead atoms. The van der Waals surface area contributed by atoms with Crippen LogP contribution in [-0.4, -0.2) is 15.8 Å². The quantitative estimate of drug-likeness (QED) is 0.596. The first-order chi connectivity index (χ1) is 5.11. The van der Waals surface area contributed by atoms with Gasteiger partial charge in [-0.25, -0.2) is 4.98 Å². The summed E-state index contributed by atoms with van der Waals surface area (Å²) in [6.45, 7) is 1.21. The maximum absolute atomic E-state index is 12.6. The SMILES string of the molecule is CC(=O)c1ncc(N)nc1F. The monoisotopic (exact) mass is 155 g/mol. The third kappa shape index (κ3) is 1.49. The molecular weight excluding hydrogens is 149 g/mol. The molecule has 11 heavy (non-hydrogen) atoms. The molecule has 0 unspecified atom stereocenters. The van der Waals surface area contributed by atoms with Gasteiger partial charge in [0.05, 0.1) is 6.20 Å². The zero-order valence-electron chi connectivity index (χ0n) is 5.84. The van der Waals surface area contributed by atoms with E-state index >= 15 is 0 Å². The van der Waals surface area contributed by atoms with Crippen molar-refractivity contribution in [2.45, 2.75) is 6.92 Å². The Morgan fingerprint density at radius 3 is 2.82 bits per heavy atom. The molecule has 5 heteroatoms. The number of hydrogen-bond acceptors (Lipinski definition) is 4. The summed E-state index contributed by atoms with van der Waals surface area (Å²) < 4.78 is 12.6. The first-order valence-corrected chi connectivity index (χ1v) is 2.90. The Hall–Kier alpha value is -1.52. The van der Waals surface area contributed by atoms with Crippen molar-refractivity contribution in [1.29, 1.82) is 0 Å². The molecule has 0 amide bonds. The van der Waals surface area contributed by atoms with Gasteiger partial charge in [-0.05, 0) is 0 Å². The molecular formula is C6H6FN3O. The fraction of sp³-hybridized carbons (Fsp3) is 0.167. The molecule has 2 N–H and O–H groups in total. The van der Waals surface area contributed by atoms with E-state index in [0.717, 1.165) is 6.20 Å². The zero-order valence-corrected chi connectivity index (χ0v) is 5.84. The van der Waals surface area contributed by atoms with Gasteiger partial charge in [-0.1, -0.05) is 0 Å². The molecule has 0 atom stereocenters. The van der Waals surface area contributed by atoms with Crippen molar-refractivity contribution in [3.05, 3.63) is 17.8 Å². The molecule has 0 saturated heterocycles. The number of carbonyl (C=O) groups is 1. The number of carbonyl (C=O) groups excluding carboxylic acids is 1. The first-order valence-electron chi connectivity index (χ1n) is 2.90. The third-order valence-corrected chi connectivity index (χ3v) is 1.08. The lowest BCUT2D eigenvalue weighted by atomic mass is 10.3. The number of rotatable bonds is 1. The number of aromatic nitrogens is 2. The average molecular weight is 155 g/mol. The number of anilines is 1. The molecule has 0 aliphatic rings. The van der Waals surface area contributed by atoms with Crippen LogP contribution in [0.2, 0.25) is 0 Å². The minimum atomic E-state index is -0.919. The van der Waals surface area contributed by atoms with Gasteiger partial charge in [-0.2, -0.15) is 9.37 Å². The molecule has 4 nitrogen and oxygen atoms in total. The molecule has 1 aromatic rings. The summed E-state index contributed by atoms with van der Waals surface area (Å²) in [5, 5.41) is 0. The van der Waals surface area contributed by atoms with Crippen molar-refractivity contribution in [1.82, 2.24) is 9.97 Å². The number of ketones is 1. The van der Waals surface area contributed by atoms with Crippen LogP contribution < -0.4 is 5.73 Å². The molecule has 0 aromatic carbocycles. The number of halogens is 1. The summed E-state index contributed by atoms with van der Waals surface area (Å²) in [5.74, 6) is -1.42. The van der Waals surface area contributed by atoms with Gasteiger partial charge in [-0.3, -0.25) is 4.79 Å². The predicted molar refractivity (Wildman–Crippen MR) is 36.4 cm³/mol. The third-order valence-electron chi connectivity index (χ3n) is 1.08. The van der Waals surface area contributed by atoms with Crippen molar-refractivity contribution in [3.8, 4) is 0 Å². The highest BCUT2D eigenvalue weighted by Gasteiger charge is 2.09. The summed E-state index contributed by atoms with van der Waals surface area (Å²) in [4.78, 5) is 17.3. The highest BCUT2D eigenvalue weighted by molar-refractivity contribution is 5.92. The van der Waals surface area contributed by atoms with E-state index < -0.39 is 11.7 Å². The van der Waals surface area contributed by atoms with Gasteiger partial charge in [0.1, 0.15) is 5.82 Å². The largest absolute Gasteiger partial charge is 0.382 e. The molecule has 1 heterocycles. The normalized spacial score (nSPS) is 9.64. The summed E-state index contributed by atoms with van der Waals surface area (Å²) in [5.41, 5.74) is 4.82. The Morgan fingerprint density at radius 2 is 2.36 bits per heavy atom. The van der Waals surface area contributed by atoms with Crippen molar-refractivity contribution < 1.29 is 9.18 Å². The Balaban J connectivity index is 3.20. The smallest absolute Gasteiger partial charge is 0.244 e. The second-order valence-electron chi connectivity index (χ2n) is 1.99. The Morgan fingerprint density at radius 1 is 1.73 bits per heavy atom. The van der Waals surface area contributed by atoms with Gasteiger partial charge in [0.2, 0.25) is 5.95 Å². The van der Waals surface area contributed by atoms with Crippen molar-refractivity contribution in [3.63, 3.8) is 0 Å². The van der Waals surface area contributed by atoms with Crippen LogP contribution in [0.3, 0.4) is 0 Å². The molecule has 0 aliphatic carbocycles. The fourth-order valence-electron chi connectivity index (χ4n) is 0.615. The van der Waals surface area contributed by atoms with Crippen LogP contribution in [0.1, 0.15) is 17.4 Å². The van der Waals surface area contributed by atoms with Crippen LogP contribution in [0.15, 0.2) is 6.20 Å². The lowest BCUT2D eigenvalue weighted by Crippen LogP contribution is -2.05. The maximum Gasteiger partial charge on any atom is 0.244 e. The lowest BCUT2D eigenvalue weighted by Gasteiger charge is -1.95. The van der Waals surface area contributed by atoms with Crippen LogP contribution in [-0.2, 0) is 0 Å². The predicted octanol–water partition coefficient (Wildman–Crippen LogP) is 0.401. The topological polar surface area (TPSA) is 68.9 Å². The van der Waals surface area contributed by atoms with Crippen molar-refractivity contribution >= 4 is 11.6 Å². The Kier molecular flexibility index (Phi) is 1.80. The van der Waals surface area contributed by atoms with Gasteiger partial charge in [0, 0.05) is 6.92 Å². The van der Waals surface area contributed by atoms with Gasteiger partial charge in [0.15, 0.2) is 11.5 Å². The minimum absolute atomic E-state index is 0.0347. The summed E-state index contributed by atoms with van der Waals surface area (Å²) in [7, 11) is 0. The first kappa shape index (κ1) is 7.59. The Bertz CT molecular complexity index is 300. The molecule has 0 saturated carbocycles. The second kappa shape index (κ2) is 2.61. The van der Waals surface area contributed by atoms with E-state index in [1.807, 2.05) is 0 Å². The van der Waals surface area contributed by atoms with Crippen LogP contribution in [0.25, 0.3) is 0 Å². The van der Waals surface area contributed by atoms with E-state index in [0.29, 0.717) is 0 Å². The number of nitrogens with zero attached hydrogens (tertiary/aromatic N) is 2. The average Bonchev–Trinajstić information content (AvgIpc) is 1.85. The van der Waals surface area contributed by atoms with E-state index in [2.05, 4.69) is 9.97 Å². The summed E-state index contributed by atoms with van der Waals surface area (Å²) in [6, 6.07) is 0. The number of Topliss-reactive ketones (excluding diaryl/α,β-unsaturated/α-hetero) is 1. The maximum atomic E-state index is 12.6. The second-order valence-corrected chi connectivity index (χ2v) is 1.99. The lowest BCUT2D eigenvalue weighted by molar-refractivity contribution is 0.100. The number of nitrogen functional groups attached to an aromatic ring is 1. The molecule has 1 rings (SSSR count). The number of hydrogen-bond donors (Lipinski definition) is 1. The summed E-state index contributed by atoms with van der Waals surface area (Å²) >= 11 is 0. The van der Waals surface area contributed by atoms with Crippen molar-refractivity contribution in [2.24, 2.45) is 0 Å². The molecule has 0 radical (unpaired) electrons. The Labute approximate surface area is 62.3 Å². The van der Waals surface area contributed by atoms with Crippen LogP contribution >= 0.6 is 0 Å². The highest BCUT2D eigenvalue weighted by Crippen LogP contribution is 2.03. The van der Waals surface area contributed by atoms with Crippen LogP contribution in [0, 0.1) is 5.95 Å². The molecule has 0 spiro atoms. The number of nitrogens with two attached hydrogens (primary N) is 1. The molecule has 1 aromatic heterocycles. The summed E-state index contributed by atoms with van der Waals surface area (Å²) in [6.07, 6.45) is 1.14. The van der Waals surface area contributed by atoms with Gasteiger partial charge >= 0.3 is 0 Å². The van der Waals surface area contributed by atoms with Crippen LogP contribution in [0.4, 0.5) is 10.2 Å². The van der Waals surface area contributed by atoms with E-state index in [-0.39, 0.29) is 11.5 Å². The van der Waals surface area contributed by atoms with E-state index in [4.69, 9.17) is 5.73 Å². The van der Waals surface area contributed by atoms with Gasteiger partial charge < -0.3 is 5.73 Å². The van der Waals surface area contributed by atoms with E-state index in [1.54, 1.807) is 0 Å². The van der Waals surface area contributed by atoms with E-state index in [9.17, 15) is 9.18 Å². The van der Waals surface area contributed by atoms with Gasteiger partial charge in [0.25, 0.3) is 0 Å². The molecule has 0 fully saturated rings. The standard InChI is InChI=1S/C6H6FN3O/c1-3(11)5-6(7)10-4(8)2-9-5/h2H,1H3,(H2,8,10). The highest BCUT2D eigenvalue weighted by atomic mass is 19.1. The van der Waals surface area contributed by atoms with Crippen LogP contribution in [0.5, 0.6) is 0 Å². The molecule has 0 aliphatic heterocycles. The minimum Gasteiger partial charge on any atom is -0.382 e. The van der Waals surface area contributed by atoms with Crippen molar-refractivity contribution in [2.75, 3.05) is 5.73 Å². The fourth-order valence-corrected chi connectivity index (χ4v) is 0.615. The molecule has 58 valence electrons. The zero-order chi connectivity index (χ0) is 8.43.